The highest BCUT2D eigenvalue weighted by Crippen LogP contribution is 2.24. The van der Waals surface area contributed by atoms with Crippen LogP contribution in [0.5, 0.6) is 0 Å². The maximum Gasteiger partial charge on any atom is 0.264 e. The molecule has 0 spiro atoms. The van der Waals surface area contributed by atoms with E-state index in [2.05, 4.69) is 0 Å². The van der Waals surface area contributed by atoms with Crippen LogP contribution in [0.2, 0.25) is 0 Å². The fourth-order valence-electron chi connectivity index (χ4n) is 1.30. The van der Waals surface area contributed by atoms with E-state index in [1.807, 2.05) is 0 Å². The molecule has 0 bridgehead atoms. The minimum Gasteiger partial charge on any atom is -0.286 e. The molecule has 0 aliphatic heterocycles. The molecule has 0 saturated carbocycles. The Balaban J connectivity index is 3.03. The van der Waals surface area contributed by atoms with Gasteiger partial charge in [0.15, 0.2) is 23.3 Å². The van der Waals surface area contributed by atoms with E-state index < -0.39 is 63.4 Å². The van der Waals surface area contributed by atoms with Crippen molar-refractivity contribution in [1.82, 2.24) is 0 Å². The summed E-state index contributed by atoms with van der Waals surface area (Å²) in [6, 6.07) is 0. The minimum atomic E-state index is -4.35. The van der Waals surface area contributed by atoms with Crippen molar-refractivity contribution in [3.8, 4) is 0 Å². The van der Waals surface area contributed by atoms with Crippen LogP contribution in [-0.2, 0) is 16.5 Å². The Morgan fingerprint density at radius 3 is 1.61 bits per heavy atom. The Hall–Kier alpha value is -1.22. The lowest BCUT2D eigenvalue weighted by Crippen LogP contribution is -2.10. The second-order valence-corrected chi connectivity index (χ2v) is 5.01. The summed E-state index contributed by atoms with van der Waals surface area (Å²) in [6.45, 7) is 0. The molecule has 0 aliphatic carbocycles. The van der Waals surface area contributed by atoms with E-state index in [1.54, 1.807) is 0 Å². The normalized spacial score (nSPS) is 11.9. The molecule has 1 rings (SSSR count). The van der Waals surface area contributed by atoms with Gasteiger partial charge in [0, 0.05) is 5.56 Å². The highest BCUT2D eigenvalue weighted by Gasteiger charge is 2.25. The van der Waals surface area contributed by atoms with E-state index in [0.29, 0.717) is 0 Å². The third-order valence-electron chi connectivity index (χ3n) is 2.13. The van der Waals surface area contributed by atoms with Crippen molar-refractivity contribution < 1.29 is 34.9 Å². The highest BCUT2D eigenvalue weighted by atomic mass is 32.2. The first kappa shape index (κ1) is 14.8. The molecule has 0 aromatic heterocycles. The maximum atomic E-state index is 13.1. The van der Waals surface area contributed by atoms with Gasteiger partial charge in [0.25, 0.3) is 10.1 Å². The van der Waals surface area contributed by atoms with Crippen LogP contribution in [0, 0.1) is 29.1 Å². The molecular formula is C9H7F5O3S. The number of halogens is 5. The van der Waals surface area contributed by atoms with E-state index in [-0.39, 0.29) is 0 Å². The van der Waals surface area contributed by atoms with Crippen LogP contribution in [-0.4, -0.2) is 18.7 Å². The molecule has 0 heterocycles. The molecule has 3 nitrogen and oxygen atoms in total. The zero-order valence-corrected chi connectivity index (χ0v) is 9.50. The van der Waals surface area contributed by atoms with E-state index in [9.17, 15) is 30.4 Å². The molecule has 102 valence electrons. The summed E-state index contributed by atoms with van der Waals surface area (Å²) in [5.41, 5.74) is -1.10. The van der Waals surface area contributed by atoms with E-state index in [1.165, 1.54) is 0 Å². The fourth-order valence-corrected chi connectivity index (χ4v) is 1.81. The number of hydrogen-bond donors (Lipinski definition) is 1. The molecule has 0 unspecified atom stereocenters. The fraction of sp³-hybridized carbons (Fsp3) is 0.333. The van der Waals surface area contributed by atoms with Crippen LogP contribution in [0.25, 0.3) is 0 Å². The van der Waals surface area contributed by atoms with Crippen LogP contribution < -0.4 is 0 Å². The predicted octanol–water partition coefficient (Wildman–Crippen LogP) is 2.20. The average molecular weight is 290 g/mol. The van der Waals surface area contributed by atoms with Crippen molar-refractivity contribution in [3.63, 3.8) is 0 Å². The molecule has 0 saturated heterocycles. The largest absolute Gasteiger partial charge is 0.286 e. The zero-order valence-electron chi connectivity index (χ0n) is 8.68. The molecular weight excluding hydrogens is 283 g/mol. The van der Waals surface area contributed by atoms with Gasteiger partial charge < -0.3 is 0 Å². The minimum absolute atomic E-state index is 0.475. The molecule has 0 atom stereocenters. The number of hydrogen-bond acceptors (Lipinski definition) is 2. The summed E-state index contributed by atoms with van der Waals surface area (Å²) in [5.74, 6) is -11.3. The van der Waals surface area contributed by atoms with Crippen molar-refractivity contribution in [2.75, 3.05) is 5.75 Å². The monoisotopic (exact) mass is 290 g/mol. The van der Waals surface area contributed by atoms with Crippen molar-refractivity contribution in [2.24, 2.45) is 0 Å². The average Bonchev–Trinajstić information content (AvgIpc) is 2.27. The molecule has 9 heteroatoms. The van der Waals surface area contributed by atoms with Crippen molar-refractivity contribution in [2.45, 2.75) is 12.8 Å². The molecule has 18 heavy (non-hydrogen) atoms. The maximum absolute atomic E-state index is 13.1. The van der Waals surface area contributed by atoms with Gasteiger partial charge in [0.2, 0.25) is 5.82 Å². The summed E-state index contributed by atoms with van der Waals surface area (Å²) in [5, 5.41) is 0. The second-order valence-electron chi connectivity index (χ2n) is 3.44. The summed E-state index contributed by atoms with van der Waals surface area (Å²) < 4.78 is 93.3. The van der Waals surface area contributed by atoms with Crippen molar-refractivity contribution in [3.05, 3.63) is 34.6 Å². The molecule has 0 radical (unpaired) electrons. The lowest BCUT2D eigenvalue weighted by molar-refractivity contribution is 0.369. The van der Waals surface area contributed by atoms with Crippen molar-refractivity contribution in [1.29, 1.82) is 0 Å². The molecule has 1 aromatic rings. The molecule has 1 N–H and O–H groups in total. The summed E-state index contributed by atoms with van der Waals surface area (Å²) in [4.78, 5) is 0. The molecule has 0 fully saturated rings. The lowest BCUT2D eigenvalue weighted by Gasteiger charge is -2.07. The summed E-state index contributed by atoms with van der Waals surface area (Å²) in [7, 11) is -4.35. The Kier molecular flexibility index (Phi) is 4.28. The van der Waals surface area contributed by atoms with E-state index in [4.69, 9.17) is 4.55 Å². The van der Waals surface area contributed by atoms with Crippen LogP contribution in [0.3, 0.4) is 0 Å². The molecule has 0 amide bonds. The predicted molar refractivity (Wildman–Crippen MR) is 51.0 cm³/mol. The standard InChI is InChI=1S/C9H7F5O3S/c10-5-4(2-1-3-18(15,16)17)6(11)8(13)9(14)7(5)12/h1-3H2,(H,15,16,17). The van der Waals surface area contributed by atoms with E-state index >= 15 is 0 Å². The van der Waals surface area contributed by atoms with Gasteiger partial charge in [-0.2, -0.15) is 8.42 Å². The first-order valence-electron chi connectivity index (χ1n) is 4.60. The third kappa shape index (κ3) is 3.16. The van der Waals surface area contributed by atoms with Gasteiger partial charge in [-0.15, -0.1) is 0 Å². The Morgan fingerprint density at radius 1 is 0.833 bits per heavy atom. The second kappa shape index (κ2) is 5.19. The first-order chi connectivity index (χ1) is 8.15. The lowest BCUT2D eigenvalue weighted by atomic mass is 10.1. The molecule has 0 aliphatic rings. The van der Waals surface area contributed by atoms with Crippen molar-refractivity contribution >= 4 is 10.1 Å². The van der Waals surface area contributed by atoms with Crippen LogP contribution in [0.15, 0.2) is 0 Å². The summed E-state index contributed by atoms with van der Waals surface area (Å²) in [6.07, 6.45) is -1.18. The molecule has 1 aromatic carbocycles. The SMILES string of the molecule is O=S(=O)(O)CCCc1c(F)c(F)c(F)c(F)c1F. The van der Waals surface area contributed by atoms with Gasteiger partial charge in [-0.3, -0.25) is 4.55 Å². The van der Waals surface area contributed by atoms with Gasteiger partial charge in [-0.1, -0.05) is 0 Å². The van der Waals surface area contributed by atoms with Gasteiger partial charge in [0.05, 0.1) is 5.75 Å². The zero-order chi connectivity index (χ0) is 14.1. The topological polar surface area (TPSA) is 54.4 Å². The third-order valence-corrected chi connectivity index (χ3v) is 2.93. The van der Waals surface area contributed by atoms with Crippen LogP contribution in [0.1, 0.15) is 12.0 Å². The quantitative estimate of drug-likeness (QED) is 0.400. The number of benzene rings is 1. The van der Waals surface area contributed by atoms with Crippen LogP contribution in [0.4, 0.5) is 22.0 Å². The Labute approximate surface area is 99.0 Å². The van der Waals surface area contributed by atoms with Gasteiger partial charge in [0.1, 0.15) is 0 Å². The first-order valence-corrected chi connectivity index (χ1v) is 6.21. The van der Waals surface area contributed by atoms with Gasteiger partial charge in [-0.05, 0) is 12.8 Å². The van der Waals surface area contributed by atoms with Crippen LogP contribution >= 0.6 is 0 Å². The van der Waals surface area contributed by atoms with Gasteiger partial charge in [-0.25, -0.2) is 22.0 Å². The van der Waals surface area contributed by atoms with Gasteiger partial charge >= 0.3 is 0 Å². The Bertz CT molecular complexity index is 541. The highest BCUT2D eigenvalue weighted by molar-refractivity contribution is 7.85. The van der Waals surface area contributed by atoms with E-state index in [0.717, 1.165) is 0 Å². The number of rotatable bonds is 4. The smallest absolute Gasteiger partial charge is 0.264 e. The summed E-state index contributed by atoms with van der Waals surface area (Å²) >= 11 is 0. The Morgan fingerprint density at radius 2 is 1.22 bits per heavy atom.